The van der Waals surface area contributed by atoms with Gasteiger partial charge in [0.05, 0.1) is 11.7 Å². The average Bonchev–Trinajstić information content (AvgIpc) is 2.96. The number of piperidine rings is 1. The van der Waals surface area contributed by atoms with Crippen molar-refractivity contribution < 1.29 is 0 Å². The van der Waals surface area contributed by atoms with E-state index in [4.69, 9.17) is 0 Å². The van der Waals surface area contributed by atoms with Gasteiger partial charge in [0.25, 0.3) is 0 Å². The van der Waals surface area contributed by atoms with Crippen molar-refractivity contribution in [3.8, 4) is 0 Å². The van der Waals surface area contributed by atoms with E-state index in [0.717, 1.165) is 29.6 Å². The van der Waals surface area contributed by atoms with Gasteiger partial charge in [0.2, 0.25) is 0 Å². The van der Waals surface area contributed by atoms with Gasteiger partial charge >= 0.3 is 0 Å². The zero-order valence-corrected chi connectivity index (χ0v) is 10.8. The second-order valence-electron chi connectivity index (χ2n) is 5.14. The zero-order chi connectivity index (χ0) is 12.7. The predicted molar refractivity (Wildman–Crippen MR) is 77.5 cm³/mol. The largest absolute Gasteiger partial charge is 0.371 e. The molecule has 0 saturated carbocycles. The lowest BCUT2D eigenvalue weighted by molar-refractivity contribution is 0.579. The van der Waals surface area contributed by atoms with Crippen LogP contribution >= 0.6 is 0 Å². The normalized spacial score (nSPS) is 16.3. The molecule has 4 rings (SSSR count). The first-order valence-electron chi connectivity index (χ1n) is 6.89. The molecule has 1 fully saturated rings. The number of pyridine rings is 2. The van der Waals surface area contributed by atoms with Gasteiger partial charge in [-0.25, -0.2) is 9.97 Å². The Hall–Kier alpha value is -2.10. The Balaban J connectivity index is 2.00. The number of nitrogens with zero attached hydrogens (tertiary/aromatic N) is 3. The standard InChI is InChI=1S/C15H16N4/c1-2-8-19(9-3-1)13-5-7-16-12-10-18-15-11(14(12)13)4-6-17-15/h4-7,10,16H,1-3,8-9H2. The van der Waals surface area contributed by atoms with Crippen LogP contribution in [0.2, 0.25) is 0 Å². The maximum absolute atomic E-state index is 4.39. The minimum Gasteiger partial charge on any atom is -0.371 e. The Morgan fingerprint density at radius 2 is 1.95 bits per heavy atom. The lowest BCUT2D eigenvalue weighted by Crippen LogP contribution is -2.29. The highest BCUT2D eigenvalue weighted by atomic mass is 15.1. The molecule has 19 heavy (non-hydrogen) atoms. The van der Waals surface area contributed by atoms with E-state index >= 15 is 0 Å². The highest BCUT2D eigenvalue weighted by Gasteiger charge is 2.15. The van der Waals surface area contributed by atoms with E-state index in [0.29, 0.717) is 0 Å². The Morgan fingerprint density at radius 1 is 1.05 bits per heavy atom. The smallest absolute Gasteiger partial charge is 0.159 e. The number of aromatic amines is 1. The molecule has 1 N–H and O–H groups in total. The SMILES string of the molecule is c1cc2c(n1)ncc1[nH]ccc(N3CCCCC3)c12. The van der Waals surface area contributed by atoms with Gasteiger partial charge in [-0.2, -0.15) is 0 Å². The fourth-order valence-corrected chi connectivity index (χ4v) is 3.04. The quantitative estimate of drug-likeness (QED) is 0.723. The molecule has 1 saturated heterocycles. The molecule has 0 aliphatic carbocycles. The second kappa shape index (κ2) is 4.23. The number of hydrogen-bond acceptors (Lipinski definition) is 3. The van der Waals surface area contributed by atoms with E-state index in [1.807, 2.05) is 18.6 Å². The Labute approximate surface area is 111 Å². The van der Waals surface area contributed by atoms with Gasteiger partial charge in [0.1, 0.15) is 0 Å². The molecular weight excluding hydrogens is 236 g/mol. The molecule has 0 amide bonds. The molecule has 4 heteroatoms. The summed E-state index contributed by atoms with van der Waals surface area (Å²) in [5.41, 5.74) is 3.24. The molecular formula is C15H16N4. The van der Waals surface area contributed by atoms with E-state index in [1.165, 1.54) is 30.3 Å². The van der Waals surface area contributed by atoms with E-state index < -0.39 is 0 Å². The Bertz CT molecular complexity index is 725. The van der Waals surface area contributed by atoms with Crippen molar-refractivity contribution in [1.82, 2.24) is 15.0 Å². The fourth-order valence-electron chi connectivity index (χ4n) is 3.04. The lowest BCUT2D eigenvalue weighted by atomic mass is 10.1. The van der Waals surface area contributed by atoms with Crippen LogP contribution < -0.4 is 4.90 Å². The van der Waals surface area contributed by atoms with Crippen molar-refractivity contribution >= 4 is 27.6 Å². The molecule has 0 atom stereocenters. The molecule has 0 radical (unpaired) electrons. The highest BCUT2D eigenvalue weighted by Crippen LogP contribution is 2.32. The number of rotatable bonds is 1. The van der Waals surface area contributed by atoms with E-state index in [9.17, 15) is 0 Å². The number of hydrogen-bond donors (Lipinski definition) is 1. The molecule has 3 aromatic rings. The number of anilines is 1. The van der Waals surface area contributed by atoms with Crippen LogP contribution in [0.4, 0.5) is 5.69 Å². The number of aromatic nitrogens is 3. The van der Waals surface area contributed by atoms with Crippen molar-refractivity contribution in [3.05, 3.63) is 30.7 Å². The molecule has 0 unspecified atom stereocenters. The van der Waals surface area contributed by atoms with Gasteiger partial charge in [0.15, 0.2) is 5.65 Å². The van der Waals surface area contributed by atoms with Crippen molar-refractivity contribution in [2.45, 2.75) is 19.3 Å². The molecule has 4 nitrogen and oxygen atoms in total. The first-order valence-corrected chi connectivity index (χ1v) is 6.89. The molecule has 0 spiro atoms. The minimum atomic E-state index is 0.838. The second-order valence-corrected chi connectivity index (χ2v) is 5.14. The summed E-state index contributed by atoms with van der Waals surface area (Å²) in [5.74, 6) is 0. The number of H-pyrrole nitrogens is 1. The van der Waals surface area contributed by atoms with Gasteiger partial charge in [-0.05, 0) is 31.4 Å². The van der Waals surface area contributed by atoms with Crippen LogP contribution in [0.15, 0.2) is 30.7 Å². The van der Waals surface area contributed by atoms with Gasteiger partial charge in [-0.1, -0.05) is 0 Å². The summed E-state index contributed by atoms with van der Waals surface area (Å²) >= 11 is 0. The van der Waals surface area contributed by atoms with E-state index in [2.05, 4.69) is 32.0 Å². The molecule has 0 bridgehead atoms. The van der Waals surface area contributed by atoms with E-state index in [1.54, 1.807) is 0 Å². The van der Waals surface area contributed by atoms with Crippen LogP contribution in [0.25, 0.3) is 21.9 Å². The van der Waals surface area contributed by atoms with Crippen molar-refractivity contribution in [1.29, 1.82) is 0 Å². The van der Waals surface area contributed by atoms with Crippen LogP contribution in [0.1, 0.15) is 19.3 Å². The summed E-state index contributed by atoms with van der Waals surface area (Å²) in [6.07, 6.45) is 9.65. The molecule has 96 valence electrons. The van der Waals surface area contributed by atoms with Gasteiger partial charge in [0, 0.05) is 41.9 Å². The summed E-state index contributed by atoms with van der Waals surface area (Å²) in [6.45, 7) is 2.30. The van der Waals surface area contributed by atoms with Gasteiger partial charge in [-0.15, -0.1) is 0 Å². The first-order chi connectivity index (χ1) is 9.43. The topological polar surface area (TPSA) is 44.8 Å². The van der Waals surface area contributed by atoms with Gasteiger partial charge in [-0.3, -0.25) is 0 Å². The van der Waals surface area contributed by atoms with Crippen LogP contribution in [0, 0.1) is 0 Å². The van der Waals surface area contributed by atoms with Gasteiger partial charge < -0.3 is 9.88 Å². The summed E-state index contributed by atoms with van der Waals surface area (Å²) in [5, 5.41) is 2.40. The minimum absolute atomic E-state index is 0.838. The Morgan fingerprint density at radius 3 is 2.84 bits per heavy atom. The van der Waals surface area contributed by atoms with Crippen molar-refractivity contribution in [2.75, 3.05) is 18.0 Å². The highest BCUT2D eigenvalue weighted by molar-refractivity contribution is 6.09. The van der Waals surface area contributed by atoms with Crippen molar-refractivity contribution in [3.63, 3.8) is 0 Å². The van der Waals surface area contributed by atoms with Crippen LogP contribution in [0.3, 0.4) is 0 Å². The van der Waals surface area contributed by atoms with Crippen LogP contribution in [-0.4, -0.2) is 28.0 Å². The van der Waals surface area contributed by atoms with E-state index in [-0.39, 0.29) is 0 Å². The van der Waals surface area contributed by atoms with Crippen LogP contribution in [-0.2, 0) is 0 Å². The molecule has 0 aromatic carbocycles. The molecule has 1 aliphatic rings. The van der Waals surface area contributed by atoms with Crippen LogP contribution in [0.5, 0.6) is 0 Å². The summed E-state index contributed by atoms with van der Waals surface area (Å²) < 4.78 is 0. The zero-order valence-electron chi connectivity index (χ0n) is 10.8. The lowest BCUT2D eigenvalue weighted by Gasteiger charge is -2.29. The third-order valence-corrected chi connectivity index (χ3v) is 3.97. The fraction of sp³-hybridized carbons (Fsp3) is 0.333. The number of fused-ring (bicyclic) bond motifs is 3. The van der Waals surface area contributed by atoms with Crippen molar-refractivity contribution in [2.24, 2.45) is 0 Å². The monoisotopic (exact) mass is 252 g/mol. The summed E-state index contributed by atoms with van der Waals surface area (Å²) in [6, 6.07) is 4.24. The molecule has 3 aromatic heterocycles. The number of nitrogens with one attached hydrogen (secondary N) is 1. The average molecular weight is 252 g/mol. The first kappa shape index (κ1) is 10.8. The maximum Gasteiger partial charge on any atom is 0.159 e. The third-order valence-electron chi connectivity index (χ3n) is 3.97. The maximum atomic E-state index is 4.39. The molecule has 1 aliphatic heterocycles. The summed E-state index contributed by atoms with van der Waals surface area (Å²) in [4.78, 5) is 14.5. The summed E-state index contributed by atoms with van der Waals surface area (Å²) in [7, 11) is 0. The third kappa shape index (κ3) is 1.67. The Kier molecular flexibility index (Phi) is 2.40. The molecule has 4 heterocycles. The predicted octanol–water partition coefficient (Wildman–Crippen LogP) is 3.10.